The van der Waals surface area contributed by atoms with Gasteiger partial charge in [0, 0.05) is 11.8 Å². The van der Waals surface area contributed by atoms with E-state index in [1.807, 2.05) is 0 Å². The second-order valence-electron chi connectivity index (χ2n) is 5.27. The lowest BCUT2D eigenvalue weighted by molar-refractivity contribution is 0.375. The number of nitrogens with one attached hydrogen (secondary N) is 2. The maximum Gasteiger partial charge on any atom is 0.181 e. The first-order valence-corrected chi connectivity index (χ1v) is 8.42. The van der Waals surface area contributed by atoms with Gasteiger partial charge in [0.25, 0.3) is 0 Å². The van der Waals surface area contributed by atoms with E-state index in [9.17, 15) is 0 Å². The summed E-state index contributed by atoms with van der Waals surface area (Å²) >= 11 is 1.78. The van der Waals surface area contributed by atoms with Crippen molar-refractivity contribution in [2.45, 2.75) is 49.6 Å². The summed E-state index contributed by atoms with van der Waals surface area (Å²) in [7, 11) is 0. The highest BCUT2D eigenvalue weighted by Crippen LogP contribution is 2.22. The average molecular weight is 291 g/mol. The first kappa shape index (κ1) is 13.8. The molecule has 2 aromatic heterocycles. The molecule has 0 radical (unpaired) electrons. The number of hydrogen-bond acceptors (Lipinski definition) is 5. The van der Waals surface area contributed by atoms with Crippen LogP contribution in [-0.4, -0.2) is 38.3 Å². The first-order valence-electron chi connectivity index (χ1n) is 7.44. The molecule has 1 saturated carbocycles. The molecule has 0 aliphatic heterocycles. The quantitative estimate of drug-likeness (QED) is 0.487. The van der Waals surface area contributed by atoms with Gasteiger partial charge in [0.2, 0.25) is 0 Å². The maximum absolute atomic E-state index is 4.33. The topological polar surface area (TPSA) is 66.5 Å². The number of aromatic amines is 1. The van der Waals surface area contributed by atoms with Crippen molar-refractivity contribution < 1.29 is 0 Å². The van der Waals surface area contributed by atoms with Crippen LogP contribution in [0.5, 0.6) is 0 Å². The molecule has 1 aliphatic rings. The third-order valence-electron chi connectivity index (χ3n) is 3.79. The summed E-state index contributed by atoms with van der Waals surface area (Å²) in [6, 6.07) is 0.757. The maximum atomic E-state index is 4.33. The molecular formula is C14H21N5S. The Morgan fingerprint density at radius 2 is 2.10 bits per heavy atom. The number of hydrogen-bond donors (Lipinski definition) is 2. The van der Waals surface area contributed by atoms with E-state index in [1.165, 1.54) is 38.5 Å². The zero-order chi connectivity index (χ0) is 13.6. The predicted molar refractivity (Wildman–Crippen MR) is 81.9 cm³/mol. The number of imidazole rings is 1. The highest BCUT2D eigenvalue weighted by atomic mass is 32.2. The fourth-order valence-corrected chi connectivity index (χ4v) is 3.60. The van der Waals surface area contributed by atoms with Crippen LogP contribution in [0.2, 0.25) is 0 Å². The highest BCUT2D eigenvalue weighted by Gasteiger charge is 2.12. The van der Waals surface area contributed by atoms with Crippen LogP contribution in [0.15, 0.2) is 17.7 Å². The van der Waals surface area contributed by atoms with E-state index < -0.39 is 0 Å². The Balaban J connectivity index is 1.40. The summed E-state index contributed by atoms with van der Waals surface area (Å²) < 4.78 is 0. The molecule has 0 atom stereocenters. The largest absolute Gasteiger partial charge is 0.341 e. The van der Waals surface area contributed by atoms with E-state index in [1.54, 1.807) is 24.4 Å². The van der Waals surface area contributed by atoms with Crippen LogP contribution < -0.4 is 5.32 Å². The van der Waals surface area contributed by atoms with Crippen molar-refractivity contribution in [2.75, 3.05) is 12.3 Å². The smallest absolute Gasteiger partial charge is 0.181 e. The van der Waals surface area contributed by atoms with Crippen LogP contribution in [-0.2, 0) is 0 Å². The molecule has 108 valence electrons. The Labute approximate surface area is 123 Å². The second-order valence-corrected chi connectivity index (χ2v) is 6.35. The van der Waals surface area contributed by atoms with Gasteiger partial charge in [-0.3, -0.25) is 0 Å². The summed E-state index contributed by atoms with van der Waals surface area (Å²) in [6.07, 6.45) is 11.3. The van der Waals surface area contributed by atoms with Gasteiger partial charge in [0.15, 0.2) is 5.65 Å². The molecule has 0 spiro atoms. The van der Waals surface area contributed by atoms with Gasteiger partial charge in [0.05, 0.1) is 6.33 Å². The fraction of sp³-hybridized carbons (Fsp3) is 0.643. The van der Waals surface area contributed by atoms with E-state index in [4.69, 9.17) is 0 Å². The first-order chi connectivity index (χ1) is 9.93. The zero-order valence-corrected chi connectivity index (χ0v) is 12.5. The molecular weight excluding hydrogens is 270 g/mol. The summed E-state index contributed by atoms with van der Waals surface area (Å²) in [5, 5.41) is 4.68. The predicted octanol–water partition coefficient (Wildman–Crippen LogP) is 2.76. The molecule has 1 aliphatic carbocycles. The summed E-state index contributed by atoms with van der Waals surface area (Å²) in [5.41, 5.74) is 1.71. The van der Waals surface area contributed by atoms with Gasteiger partial charge in [-0.15, -0.1) is 11.8 Å². The molecule has 2 aromatic rings. The summed E-state index contributed by atoms with van der Waals surface area (Å²) in [4.78, 5) is 15.7. The number of thioether (sulfide) groups is 1. The minimum absolute atomic E-state index is 0.753. The van der Waals surface area contributed by atoms with Crippen LogP contribution in [0.3, 0.4) is 0 Å². The van der Waals surface area contributed by atoms with E-state index in [0.29, 0.717) is 0 Å². The van der Waals surface area contributed by atoms with Crippen molar-refractivity contribution in [1.82, 2.24) is 25.3 Å². The third kappa shape index (κ3) is 3.49. The molecule has 6 heteroatoms. The summed E-state index contributed by atoms with van der Waals surface area (Å²) in [6.45, 7) is 1.11. The van der Waals surface area contributed by atoms with E-state index >= 15 is 0 Å². The van der Waals surface area contributed by atoms with Gasteiger partial charge in [-0.2, -0.15) is 0 Å². The van der Waals surface area contributed by atoms with Crippen LogP contribution in [0, 0.1) is 0 Å². The van der Waals surface area contributed by atoms with Crippen LogP contribution in [0.25, 0.3) is 11.2 Å². The van der Waals surface area contributed by atoms with Crippen molar-refractivity contribution in [1.29, 1.82) is 0 Å². The molecule has 0 bridgehead atoms. The van der Waals surface area contributed by atoms with Gasteiger partial charge in [-0.25, -0.2) is 15.0 Å². The SMILES string of the molecule is c1nc(SCCCNC2CCCCC2)c2[nH]cnc2n1. The molecule has 1 fully saturated rings. The van der Waals surface area contributed by atoms with Crippen LogP contribution in [0.4, 0.5) is 0 Å². The van der Waals surface area contributed by atoms with Crippen molar-refractivity contribution in [2.24, 2.45) is 0 Å². The minimum atomic E-state index is 0.753. The minimum Gasteiger partial charge on any atom is -0.341 e. The van der Waals surface area contributed by atoms with Gasteiger partial charge >= 0.3 is 0 Å². The molecule has 2 N–H and O–H groups in total. The Kier molecular flexibility index (Phi) is 4.86. The van der Waals surface area contributed by atoms with Crippen molar-refractivity contribution in [3.63, 3.8) is 0 Å². The Hall–Kier alpha value is -1.14. The Morgan fingerprint density at radius 1 is 1.20 bits per heavy atom. The van der Waals surface area contributed by atoms with Gasteiger partial charge in [0.1, 0.15) is 16.9 Å². The molecule has 0 amide bonds. The van der Waals surface area contributed by atoms with Crippen LogP contribution >= 0.6 is 11.8 Å². The Morgan fingerprint density at radius 3 is 3.00 bits per heavy atom. The standard InChI is InChI=1S/C14H21N5S/c1-2-5-11(6-3-1)15-7-4-8-20-14-12-13(17-9-16-12)18-10-19-14/h9-11,15H,1-8H2,(H,16,17,18,19). The fourth-order valence-electron chi connectivity index (χ4n) is 2.71. The number of fused-ring (bicyclic) bond motifs is 1. The normalized spacial score (nSPS) is 16.8. The van der Waals surface area contributed by atoms with E-state index in [0.717, 1.165) is 34.5 Å². The average Bonchev–Trinajstić information content (AvgIpc) is 2.97. The number of rotatable bonds is 6. The number of aromatic nitrogens is 4. The lowest BCUT2D eigenvalue weighted by atomic mass is 9.95. The van der Waals surface area contributed by atoms with Gasteiger partial charge in [-0.05, 0) is 25.8 Å². The lowest BCUT2D eigenvalue weighted by Gasteiger charge is -2.22. The second kappa shape index (κ2) is 7.04. The van der Waals surface area contributed by atoms with Gasteiger partial charge < -0.3 is 10.3 Å². The van der Waals surface area contributed by atoms with E-state index in [-0.39, 0.29) is 0 Å². The van der Waals surface area contributed by atoms with Crippen molar-refractivity contribution >= 4 is 22.9 Å². The monoisotopic (exact) mass is 291 g/mol. The Bertz CT molecular complexity index is 535. The molecule has 2 heterocycles. The molecule has 20 heavy (non-hydrogen) atoms. The molecule has 0 saturated heterocycles. The van der Waals surface area contributed by atoms with Crippen LogP contribution in [0.1, 0.15) is 38.5 Å². The molecule has 5 nitrogen and oxygen atoms in total. The molecule has 0 aromatic carbocycles. The summed E-state index contributed by atoms with van der Waals surface area (Å²) in [5.74, 6) is 1.07. The third-order valence-corrected chi connectivity index (χ3v) is 4.86. The van der Waals surface area contributed by atoms with Crippen molar-refractivity contribution in [3.8, 4) is 0 Å². The van der Waals surface area contributed by atoms with Gasteiger partial charge in [-0.1, -0.05) is 19.3 Å². The highest BCUT2D eigenvalue weighted by molar-refractivity contribution is 7.99. The molecule has 0 unspecified atom stereocenters. The van der Waals surface area contributed by atoms with E-state index in [2.05, 4.69) is 25.3 Å². The van der Waals surface area contributed by atoms with Crippen molar-refractivity contribution in [3.05, 3.63) is 12.7 Å². The zero-order valence-electron chi connectivity index (χ0n) is 11.6. The lowest BCUT2D eigenvalue weighted by Crippen LogP contribution is -2.31. The number of H-pyrrole nitrogens is 1. The molecule has 3 rings (SSSR count). The number of nitrogens with zero attached hydrogens (tertiary/aromatic N) is 3.